The summed E-state index contributed by atoms with van der Waals surface area (Å²) in [6.07, 6.45) is 4.15. The Hall–Kier alpha value is -0.550. The van der Waals surface area contributed by atoms with E-state index in [9.17, 15) is 0 Å². The number of nitriles is 1. The van der Waals surface area contributed by atoms with Crippen molar-refractivity contribution in [2.75, 3.05) is 0 Å². The topological polar surface area (TPSA) is 49.8 Å². The molecule has 0 aromatic carbocycles. The van der Waals surface area contributed by atoms with Gasteiger partial charge in [0.1, 0.15) is 0 Å². The molecule has 0 amide bonds. The third-order valence-electron chi connectivity index (χ3n) is 2.07. The van der Waals surface area contributed by atoms with Crippen LogP contribution in [0, 0.1) is 17.2 Å². The monoisotopic (exact) mass is 124 g/mol. The molecule has 9 heavy (non-hydrogen) atoms. The Balaban J connectivity index is 2.33. The minimum Gasteiger partial charge on any atom is -0.327 e. The standard InChI is InChI=1S/C7H12N2/c8-5-4-6-2-1-3-7(6)9/h6-7H,1-4,9H2/t6-,7-/m1/s1. The van der Waals surface area contributed by atoms with Gasteiger partial charge in [-0.25, -0.2) is 0 Å². The lowest BCUT2D eigenvalue weighted by molar-refractivity contribution is 0.491. The first kappa shape index (κ1) is 6.57. The summed E-state index contributed by atoms with van der Waals surface area (Å²) in [4.78, 5) is 0. The Morgan fingerprint density at radius 2 is 2.33 bits per heavy atom. The van der Waals surface area contributed by atoms with Gasteiger partial charge in [0.2, 0.25) is 0 Å². The fraction of sp³-hybridized carbons (Fsp3) is 0.857. The minimum atomic E-state index is 0.310. The van der Waals surface area contributed by atoms with Crippen LogP contribution in [-0.2, 0) is 0 Å². The van der Waals surface area contributed by atoms with Gasteiger partial charge in [-0.3, -0.25) is 0 Å². The number of hydrogen-bond donors (Lipinski definition) is 1. The highest BCUT2D eigenvalue weighted by atomic mass is 14.7. The van der Waals surface area contributed by atoms with Gasteiger partial charge in [-0.1, -0.05) is 6.42 Å². The van der Waals surface area contributed by atoms with Gasteiger partial charge in [-0.15, -0.1) is 0 Å². The first-order chi connectivity index (χ1) is 4.34. The van der Waals surface area contributed by atoms with Gasteiger partial charge in [-0.05, 0) is 18.8 Å². The summed E-state index contributed by atoms with van der Waals surface area (Å²) in [7, 11) is 0. The van der Waals surface area contributed by atoms with Crippen molar-refractivity contribution in [2.24, 2.45) is 11.7 Å². The van der Waals surface area contributed by atoms with Crippen LogP contribution in [-0.4, -0.2) is 6.04 Å². The van der Waals surface area contributed by atoms with E-state index in [1.807, 2.05) is 0 Å². The normalized spacial score (nSPS) is 34.2. The lowest BCUT2D eigenvalue weighted by Crippen LogP contribution is -2.23. The van der Waals surface area contributed by atoms with E-state index < -0.39 is 0 Å². The average Bonchev–Trinajstić information content (AvgIpc) is 2.18. The van der Waals surface area contributed by atoms with Crippen molar-refractivity contribution in [3.8, 4) is 6.07 Å². The van der Waals surface area contributed by atoms with Gasteiger partial charge in [-0.2, -0.15) is 5.26 Å². The average molecular weight is 124 g/mol. The fourth-order valence-electron chi connectivity index (χ4n) is 1.44. The first-order valence-corrected chi connectivity index (χ1v) is 3.47. The van der Waals surface area contributed by atoms with Crippen molar-refractivity contribution in [3.05, 3.63) is 0 Å². The third kappa shape index (κ3) is 1.43. The summed E-state index contributed by atoms with van der Waals surface area (Å²) in [5.41, 5.74) is 5.71. The molecule has 1 fully saturated rings. The van der Waals surface area contributed by atoms with E-state index in [1.54, 1.807) is 0 Å². The first-order valence-electron chi connectivity index (χ1n) is 3.47. The smallest absolute Gasteiger partial charge is 0.0625 e. The molecule has 0 unspecified atom stereocenters. The summed E-state index contributed by atoms with van der Waals surface area (Å²) in [6, 6.07) is 2.47. The molecule has 0 aromatic heterocycles. The van der Waals surface area contributed by atoms with Crippen LogP contribution < -0.4 is 5.73 Å². The quantitative estimate of drug-likeness (QED) is 0.567. The highest BCUT2D eigenvalue weighted by Crippen LogP contribution is 2.25. The SMILES string of the molecule is N#CC[C@H]1CCC[C@H]1N. The maximum absolute atomic E-state index is 8.34. The molecule has 2 atom stereocenters. The summed E-state index contributed by atoms with van der Waals surface area (Å²) in [6.45, 7) is 0. The van der Waals surface area contributed by atoms with Crippen molar-refractivity contribution in [2.45, 2.75) is 31.7 Å². The second-order valence-electron chi connectivity index (χ2n) is 2.72. The zero-order valence-electron chi connectivity index (χ0n) is 5.51. The van der Waals surface area contributed by atoms with Crippen molar-refractivity contribution in [3.63, 3.8) is 0 Å². The van der Waals surface area contributed by atoms with Crippen LogP contribution in [0.15, 0.2) is 0 Å². The van der Waals surface area contributed by atoms with E-state index in [2.05, 4.69) is 6.07 Å². The van der Waals surface area contributed by atoms with E-state index in [4.69, 9.17) is 11.0 Å². The molecule has 0 saturated heterocycles. The third-order valence-corrected chi connectivity index (χ3v) is 2.07. The molecule has 0 heterocycles. The molecule has 50 valence electrons. The fourth-order valence-corrected chi connectivity index (χ4v) is 1.44. The Kier molecular flexibility index (Phi) is 2.07. The van der Waals surface area contributed by atoms with Crippen LogP contribution in [0.5, 0.6) is 0 Å². The largest absolute Gasteiger partial charge is 0.327 e. The van der Waals surface area contributed by atoms with Crippen LogP contribution >= 0.6 is 0 Å². The van der Waals surface area contributed by atoms with Crippen LogP contribution in [0.3, 0.4) is 0 Å². The number of nitrogens with two attached hydrogens (primary N) is 1. The molecule has 0 bridgehead atoms. The Morgan fingerprint density at radius 1 is 1.56 bits per heavy atom. The highest BCUT2D eigenvalue weighted by molar-refractivity contribution is 4.86. The molecule has 0 aromatic rings. The molecule has 0 aliphatic heterocycles. The molecule has 2 heteroatoms. The number of rotatable bonds is 1. The summed E-state index contributed by atoms with van der Waals surface area (Å²) >= 11 is 0. The summed E-state index contributed by atoms with van der Waals surface area (Å²) in [5.74, 6) is 0.495. The molecule has 1 rings (SSSR count). The van der Waals surface area contributed by atoms with Crippen LogP contribution in [0.1, 0.15) is 25.7 Å². The van der Waals surface area contributed by atoms with E-state index in [-0.39, 0.29) is 0 Å². The van der Waals surface area contributed by atoms with Crippen molar-refractivity contribution in [1.29, 1.82) is 5.26 Å². The molecule has 0 spiro atoms. The molecule has 0 radical (unpaired) electrons. The van der Waals surface area contributed by atoms with Crippen LogP contribution in [0.25, 0.3) is 0 Å². The predicted octanol–water partition coefficient (Wildman–Crippen LogP) is 1.03. The van der Waals surface area contributed by atoms with Crippen molar-refractivity contribution >= 4 is 0 Å². The number of hydrogen-bond acceptors (Lipinski definition) is 2. The Morgan fingerprint density at radius 3 is 2.78 bits per heavy atom. The van der Waals surface area contributed by atoms with E-state index in [0.717, 1.165) is 12.8 Å². The highest BCUT2D eigenvalue weighted by Gasteiger charge is 2.22. The summed E-state index contributed by atoms with van der Waals surface area (Å²) < 4.78 is 0. The molecule has 1 aliphatic carbocycles. The molecule has 1 saturated carbocycles. The van der Waals surface area contributed by atoms with E-state index >= 15 is 0 Å². The van der Waals surface area contributed by atoms with Crippen molar-refractivity contribution < 1.29 is 0 Å². The Labute approximate surface area is 55.7 Å². The molecule has 1 aliphatic rings. The lowest BCUT2D eigenvalue weighted by atomic mass is 10.0. The lowest BCUT2D eigenvalue weighted by Gasteiger charge is -2.09. The van der Waals surface area contributed by atoms with Gasteiger partial charge in [0.05, 0.1) is 6.07 Å². The second-order valence-corrected chi connectivity index (χ2v) is 2.72. The van der Waals surface area contributed by atoms with Crippen LogP contribution in [0.4, 0.5) is 0 Å². The van der Waals surface area contributed by atoms with Gasteiger partial charge in [0, 0.05) is 12.5 Å². The minimum absolute atomic E-state index is 0.310. The predicted molar refractivity (Wildman–Crippen MR) is 35.5 cm³/mol. The van der Waals surface area contributed by atoms with E-state index in [0.29, 0.717) is 18.4 Å². The molecular formula is C7H12N2. The maximum atomic E-state index is 8.34. The zero-order valence-corrected chi connectivity index (χ0v) is 5.51. The molecule has 2 N–H and O–H groups in total. The molecular weight excluding hydrogens is 112 g/mol. The van der Waals surface area contributed by atoms with Gasteiger partial charge in [0.15, 0.2) is 0 Å². The second kappa shape index (κ2) is 2.84. The summed E-state index contributed by atoms with van der Waals surface area (Å²) in [5, 5.41) is 8.34. The molecule has 2 nitrogen and oxygen atoms in total. The Bertz CT molecular complexity index is 125. The van der Waals surface area contributed by atoms with Crippen LogP contribution in [0.2, 0.25) is 0 Å². The van der Waals surface area contributed by atoms with Gasteiger partial charge < -0.3 is 5.73 Å². The van der Waals surface area contributed by atoms with E-state index in [1.165, 1.54) is 6.42 Å². The number of nitrogens with zero attached hydrogens (tertiary/aromatic N) is 1. The van der Waals surface area contributed by atoms with Gasteiger partial charge in [0.25, 0.3) is 0 Å². The zero-order chi connectivity index (χ0) is 6.69. The van der Waals surface area contributed by atoms with Crippen molar-refractivity contribution in [1.82, 2.24) is 0 Å². The van der Waals surface area contributed by atoms with Gasteiger partial charge >= 0.3 is 0 Å². The maximum Gasteiger partial charge on any atom is 0.0625 e.